The Balaban J connectivity index is 1.60. The number of fused-ring (bicyclic) bond motifs is 1. The van der Waals surface area contributed by atoms with Crippen LogP contribution in [0.5, 0.6) is 11.5 Å². The predicted octanol–water partition coefficient (Wildman–Crippen LogP) is 3.14. The third-order valence-corrected chi connectivity index (χ3v) is 5.77. The number of β-amino-alcohol motifs (C(OH)–C–C–N with tert-alkyl or cyclic N) is 1. The fourth-order valence-electron chi connectivity index (χ4n) is 3.94. The molecule has 6 heteroatoms. The maximum Gasteiger partial charge on any atom is 0.224 e. The van der Waals surface area contributed by atoms with Gasteiger partial charge in [-0.25, -0.2) is 0 Å². The Morgan fingerprint density at radius 1 is 1.07 bits per heavy atom. The summed E-state index contributed by atoms with van der Waals surface area (Å²) in [5.74, 6) is 1.73. The van der Waals surface area contributed by atoms with Gasteiger partial charge in [-0.15, -0.1) is 0 Å². The number of anilines is 1. The fourth-order valence-corrected chi connectivity index (χ4v) is 3.94. The zero-order valence-electron chi connectivity index (χ0n) is 17.0. The van der Waals surface area contributed by atoms with Crippen molar-refractivity contribution in [2.45, 2.75) is 38.0 Å². The van der Waals surface area contributed by atoms with Gasteiger partial charge in [-0.2, -0.15) is 0 Å². The summed E-state index contributed by atoms with van der Waals surface area (Å²) in [7, 11) is 3.28. The molecule has 0 spiro atoms. The Morgan fingerprint density at radius 3 is 2.41 bits per heavy atom. The molecule has 1 fully saturated rings. The average molecular weight is 396 g/mol. The smallest absolute Gasteiger partial charge is 0.224 e. The van der Waals surface area contributed by atoms with Gasteiger partial charge in [0, 0.05) is 37.8 Å². The van der Waals surface area contributed by atoms with Crippen molar-refractivity contribution in [2.24, 2.45) is 0 Å². The quantitative estimate of drug-likeness (QED) is 0.813. The number of benzene rings is 2. The van der Waals surface area contributed by atoms with Gasteiger partial charge in [0.15, 0.2) is 0 Å². The zero-order chi connectivity index (χ0) is 20.4. The van der Waals surface area contributed by atoms with E-state index < -0.39 is 6.10 Å². The molecule has 0 aromatic heterocycles. The molecule has 0 radical (unpaired) electrons. The summed E-state index contributed by atoms with van der Waals surface area (Å²) in [5.41, 5.74) is 2.94. The van der Waals surface area contributed by atoms with E-state index in [0.29, 0.717) is 32.1 Å². The van der Waals surface area contributed by atoms with E-state index in [2.05, 4.69) is 4.90 Å². The molecule has 2 aromatic carbocycles. The highest BCUT2D eigenvalue weighted by molar-refractivity contribution is 5.79. The Bertz CT molecular complexity index is 864. The van der Waals surface area contributed by atoms with Crippen molar-refractivity contribution in [1.82, 2.24) is 4.90 Å². The Labute approximate surface area is 171 Å². The molecule has 6 nitrogen and oxygen atoms in total. The maximum atomic E-state index is 12.8. The lowest BCUT2D eigenvalue weighted by molar-refractivity contribution is -0.132. The molecule has 1 heterocycles. The molecule has 2 aliphatic rings. The molecule has 1 unspecified atom stereocenters. The number of aliphatic hydroxyl groups excluding tert-OH is 1. The van der Waals surface area contributed by atoms with Crippen LogP contribution in [0, 0.1) is 0 Å². The van der Waals surface area contributed by atoms with E-state index in [1.165, 1.54) is 0 Å². The number of methoxy groups -OCH3 is 2. The van der Waals surface area contributed by atoms with Crippen LogP contribution in [0.15, 0.2) is 42.5 Å². The van der Waals surface area contributed by atoms with Crippen molar-refractivity contribution in [3.05, 3.63) is 53.6 Å². The molecule has 0 bridgehead atoms. The lowest BCUT2D eigenvalue weighted by atomic mass is 10.0. The van der Waals surface area contributed by atoms with Crippen LogP contribution in [-0.2, 0) is 11.3 Å². The summed E-state index contributed by atoms with van der Waals surface area (Å²) in [6.07, 6.45) is 1.97. The summed E-state index contributed by atoms with van der Waals surface area (Å²) >= 11 is 0. The number of amides is 1. The molecule has 1 atom stereocenters. The molecular weight excluding hydrogens is 368 g/mol. The van der Waals surface area contributed by atoms with Gasteiger partial charge < -0.3 is 24.4 Å². The molecule has 1 aliphatic heterocycles. The van der Waals surface area contributed by atoms with Crippen molar-refractivity contribution in [3.8, 4) is 11.5 Å². The average Bonchev–Trinajstić information content (AvgIpc) is 3.58. The van der Waals surface area contributed by atoms with Crippen molar-refractivity contribution in [1.29, 1.82) is 0 Å². The minimum Gasteiger partial charge on any atom is -0.497 e. The standard InChI is InChI=1S/C23H28N2O4/c1-28-19-7-3-16(4-8-19)22(26)15-24-12-11-23(27)25(18-5-6-18)14-17-13-20(29-2)9-10-21(17)24/h3-4,7-10,13,18,22,26H,5-6,11-12,14-15H2,1-2H3. The monoisotopic (exact) mass is 396 g/mol. The predicted molar refractivity (Wildman–Crippen MR) is 111 cm³/mol. The van der Waals surface area contributed by atoms with Crippen LogP contribution in [0.3, 0.4) is 0 Å². The Kier molecular flexibility index (Phi) is 5.62. The van der Waals surface area contributed by atoms with Gasteiger partial charge in [0.2, 0.25) is 5.91 Å². The third-order valence-electron chi connectivity index (χ3n) is 5.77. The fraction of sp³-hybridized carbons (Fsp3) is 0.435. The zero-order valence-corrected chi connectivity index (χ0v) is 17.0. The van der Waals surface area contributed by atoms with E-state index in [0.717, 1.165) is 41.2 Å². The summed E-state index contributed by atoms with van der Waals surface area (Å²) in [6.45, 7) is 1.59. The summed E-state index contributed by atoms with van der Waals surface area (Å²) in [4.78, 5) is 16.9. The Morgan fingerprint density at radius 2 is 1.76 bits per heavy atom. The first-order valence-electron chi connectivity index (χ1n) is 10.1. The van der Waals surface area contributed by atoms with E-state index in [4.69, 9.17) is 9.47 Å². The molecule has 1 saturated carbocycles. The number of hydrogen-bond donors (Lipinski definition) is 1. The minimum absolute atomic E-state index is 0.185. The van der Waals surface area contributed by atoms with Crippen molar-refractivity contribution >= 4 is 11.6 Å². The number of nitrogens with zero attached hydrogens (tertiary/aromatic N) is 2. The molecule has 1 amide bonds. The van der Waals surface area contributed by atoms with Crippen molar-refractivity contribution in [3.63, 3.8) is 0 Å². The number of ether oxygens (including phenoxy) is 2. The van der Waals surface area contributed by atoms with Gasteiger partial charge in [-0.3, -0.25) is 4.79 Å². The van der Waals surface area contributed by atoms with E-state index in [1.807, 2.05) is 47.4 Å². The lowest BCUT2D eigenvalue weighted by Gasteiger charge is -2.34. The second-order valence-electron chi connectivity index (χ2n) is 7.73. The highest BCUT2D eigenvalue weighted by atomic mass is 16.5. The van der Waals surface area contributed by atoms with Gasteiger partial charge in [-0.1, -0.05) is 12.1 Å². The van der Waals surface area contributed by atoms with Crippen LogP contribution >= 0.6 is 0 Å². The highest BCUT2D eigenvalue weighted by Crippen LogP contribution is 2.35. The lowest BCUT2D eigenvalue weighted by Crippen LogP contribution is -2.40. The second kappa shape index (κ2) is 8.33. The molecule has 29 heavy (non-hydrogen) atoms. The number of carbonyl (C=O) groups is 1. The van der Waals surface area contributed by atoms with Crippen LogP contribution in [0.2, 0.25) is 0 Å². The molecule has 2 aromatic rings. The number of hydrogen-bond acceptors (Lipinski definition) is 5. The summed E-state index contributed by atoms with van der Waals surface area (Å²) in [5, 5.41) is 10.8. The van der Waals surface area contributed by atoms with Crippen molar-refractivity contribution < 1.29 is 19.4 Å². The summed E-state index contributed by atoms with van der Waals surface area (Å²) in [6, 6.07) is 13.8. The van der Waals surface area contributed by atoms with Crippen LogP contribution in [0.25, 0.3) is 0 Å². The Hall–Kier alpha value is -2.73. The van der Waals surface area contributed by atoms with Gasteiger partial charge in [0.1, 0.15) is 11.5 Å². The van der Waals surface area contributed by atoms with Crippen LogP contribution in [0.4, 0.5) is 5.69 Å². The van der Waals surface area contributed by atoms with E-state index in [1.54, 1.807) is 14.2 Å². The molecule has 154 valence electrons. The first-order chi connectivity index (χ1) is 14.1. The molecule has 1 N–H and O–H groups in total. The van der Waals surface area contributed by atoms with Crippen LogP contribution in [-0.4, -0.2) is 49.3 Å². The molecular formula is C23H28N2O4. The van der Waals surface area contributed by atoms with Gasteiger partial charge in [0.25, 0.3) is 0 Å². The number of aliphatic hydroxyl groups is 1. The third kappa shape index (κ3) is 4.32. The summed E-state index contributed by atoms with van der Waals surface area (Å²) < 4.78 is 10.6. The maximum absolute atomic E-state index is 12.8. The van der Waals surface area contributed by atoms with Gasteiger partial charge in [0.05, 0.1) is 20.3 Å². The largest absolute Gasteiger partial charge is 0.497 e. The van der Waals surface area contributed by atoms with Crippen LogP contribution < -0.4 is 14.4 Å². The normalized spacial score (nSPS) is 18.0. The van der Waals surface area contributed by atoms with E-state index >= 15 is 0 Å². The first-order valence-corrected chi connectivity index (χ1v) is 10.1. The first kappa shape index (κ1) is 19.6. The van der Waals surface area contributed by atoms with Crippen LogP contribution in [0.1, 0.15) is 36.5 Å². The van der Waals surface area contributed by atoms with Gasteiger partial charge >= 0.3 is 0 Å². The van der Waals surface area contributed by atoms with E-state index in [-0.39, 0.29) is 5.91 Å². The molecule has 0 saturated heterocycles. The minimum atomic E-state index is -0.662. The van der Waals surface area contributed by atoms with Gasteiger partial charge in [-0.05, 0) is 54.3 Å². The van der Waals surface area contributed by atoms with Crippen molar-refractivity contribution in [2.75, 3.05) is 32.2 Å². The van der Waals surface area contributed by atoms with E-state index in [9.17, 15) is 9.90 Å². The number of carbonyl (C=O) groups excluding carboxylic acids is 1. The number of rotatable bonds is 6. The topological polar surface area (TPSA) is 62.2 Å². The highest BCUT2D eigenvalue weighted by Gasteiger charge is 2.34. The molecule has 4 rings (SSSR count). The second-order valence-corrected chi connectivity index (χ2v) is 7.73. The molecule has 1 aliphatic carbocycles. The SMILES string of the molecule is COc1ccc(C(O)CN2CCC(=O)N(C3CC3)Cc3cc(OC)ccc32)cc1.